The van der Waals surface area contributed by atoms with Crippen LogP contribution < -0.4 is 15.0 Å². The van der Waals surface area contributed by atoms with Gasteiger partial charge in [0.15, 0.2) is 5.11 Å². The van der Waals surface area contributed by atoms with Crippen molar-refractivity contribution in [3.8, 4) is 11.4 Å². The van der Waals surface area contributed by atoms with Gasteiger partial charge in [0.05, 0.1) is 37.2 Å². The lowest BCUT2D eigenvalue weighted by Gasteiger charge is -2.30. The summed E-state index contributed by atoms with van der Waals surface area (Å²) in [4.78, 5) is 18.9. The zero-order valence-corrected chi connectivity index (χ0v) is 20.1. The number of pyridine rings is 1. The first-order valence-electron chi connectivity index (χ1n) is 11.1. The maximum Gasteiger partial charge on any atom is 0.337 e. The van der Waals surface area contributed by atoms with E-state index in [2.05, 4.69) is 25.8 Å². The standard InChI is InChI=1S/C27H24N4O3S/c1-33-23-14-4-3-12-21(23)31-25(24(29-27(31)35)20-11-5-6-15-28-20)22-13-8-16-30(22)19-10-7-9-18(17-19)26(32)34-2/h3-17,24-25H,1-2H3,(H,29,35)/t24-,25-/m1/s1. The number of nitrogens with one attached hydrogen (secondary N) is 1. The average molecular weight is 485 g/mol. The summed E-state index contributed by atoms with van der Waals surface area (Å²) in [6.07, 6.45) is 3.75. The number of carbonyl (C=O) groups is 1. The van der Waals surface area contributed by atoms with Crippen LogP contribution in [0.2, 0.25) is 0 Å². The number of hydrogen-bond donors (Lipinski definition) is 1. The van der Waals surface area contributed by atoms with Crippen molar-refractivity contribution < 1.29 is 14.3 Å². The number of benzene rings is 2. The Kier molecular flexibility index (Phi) is 6.20. The van der Waals surface area contributed by atoms with Gasteiger partial charge in [-0.05, 0) is 66.8 Å². The number of esters is 1. The second-order valence-electron chi connectivity index (χ2n) is 8.01. The quantitative estimate of drug-likeness (QED) is 0.310. The highest BCUT2D eigenvalue weighted by atomic mass is 32.1. The first-order valence-corrected chi connectivity index (χ1v) is 11.5. The maximum atomic E-state index is 12.2. The highest BCUT2D eigenvalue weighted by Gasteiger charge is 2.43. The lowest BCUT2D eigenvalue weighted by atomic mass is 10.0. The maximum absolute atomic E-state index is 12.2. The molecule has 2 aromatic carbocycles. The van der Waals surface area contributed by atoms with Gasteiger partial charge in [0.25, 0.3) is 0 Å². The van der Waals surface area contributed by atoms with Gasteiger partial charge in [-0.25, -0.2) is 4.79 Å². The van der Waals surface area contributed by atoms with Gasteiger partial charge < -0.3 is 24.3 Å². The molecule has 176 valence electrons. The van der Waals surface area contributed by atoms with Crippen LogP contribution in [0.4, 0.5) is 5.69 Å². The molecule has 1 aliphatic heterocycles. The van der Waals surface area contributed by atoms with E-state index >= 15 is 0 Å². The average Bonchev–Trinajstić information content (AvgIpc) is 3.53. The van der Waals surface area contributed by atoms with Crippen LogP contribution in [0, 0.1) is 0 Å². The number of rotatable bonds is 6. The third-order valence-corrected chi connectivity index (χ3v) is 6.39. The van der Waals surface area contributed by atoms with E-state index < -0.39 is 0 Å². The Labute approximate surface area is 208 Å². The third kappa shape index (κ3) is 4.13. The molecule has 1 N–H and O–H groups in total. The Morgan fingerprint density at radius 2 is 1.83 bits per heavy atom. The van der Waals surface area contributed by atoms with Crippen molar-refractivity contribution in [3.63, 3.8) is 0 Å². The molecule has 1 aliphatic rings. The molecule has 0 amide bonds. The largest absolute Gasteiger partial charge is 0.495 e. The molecule has 35 heavy (non-hydrogen) atoms. The topological polar surface area (TPSA) is 68.6 Å². The number of aromatic nitrogens is 2. The zero-order valence-electron chi connectivity index (χ0n) is 19.3. The number of ether oxygens (including phenoxy) is 2. The fraction of sp³-hybridized carbons (Fsp3) is 0.148. The molecule has 1 saturated heterocycles. The second kappa shape index (κ2) is 9.60. The van der Waals surface area contributed by atoms with Gasteiger partial charge in [-0.2, -0.15) is 0 Å². The number of anilines is 1. The van der Waals surface area contributed by atoms with E-state index in [1.165, 1.54) is 7.11 Å². The van der Waals surface area contributed by atoms with Crippen molar-refractivity contribution in [1.29, 1.82) is 0 Å². The van der Waals surface area contributed by atoms with E-state index in [0.29, 0.717) is 16.4 Å². The Balaban J connectivity index is 1.67. The number of carbonyl (C=O) groups excluding carboxylic acids is 1. The van der Waals surface area contributed by atoms with Crippen LogP contribution in [0.5, 0.6) is 5.75 Å². The molecule has 4 aromatic rings. The van der Waals surface area contributed by atoms with Gasteiger partial charge in [-0.1, -0.05) is 24.3 Å². The molecule has 3 heterocycles. The van der Waals surface area contributed by atoms with Crippen molar-refractivity contribution in [1.82, 2.24) is 14.9 Å². The van der Waals surface area contributed by atoms with Crippen molar-refractivity contribution >= 4 is 29.0 Å². The lowest BCUT2D eigenvalue weighted by Crippen LogP contribution is -2.30. The lowest BCUT2D eigenvalue weighted by molar-refractivity contribution is 0.0600. The van der Waals surface area contributed by atoms with Crippen LogP contribution in [0.15, 0.2) is 91.3 Å². The first kappa shape index (κ1) is 22.6. The van der Waals surface area contributed by atoms with Gasteiger partial charge in [0.1, 0.15) is 11.8 Å². The smallest absolute Gasteiger partial charge is 0.337 e. The molecule has 0 spiro atoms. The summed E-state index contributed by atoms with van der Waals surface area (Å²) >= 11 is 5.85. The van der Waals surface area contributed by atoms with E-state index in [1.807, 2.05) is 72.9 Å². The number of hydrogen-bond acceptors (Lipinski definition) is 5. The summed E-state index contributed by atoms with van der Waals surface area (Å²) < 4.78 is 12.7. The SMILES string of the molecule is COC(=O)c1cccc(-n2cccc2[C@@H]2[C@@H](c3ccccn3)NC(=S)N2c2ccccc2OC)c1. The molecule has 0 radical (unpaired) electrons. The van der Waals surface area contributed by atoms with Crippen LogP contribution in [0.1, 0.15) is 33.8 Å². The van der Waals surface area contributed by atoms with E-state index in [4.69, 9.17) is 21.7 Å². The van der Waals surface area contributed by atoms with Gasteiger partial charge in [0.2, 0.25) is 0 Å². The Morgan fingerprint density at radius 1 is 1.00 bits per heavy atom. The molecular formula is C27H24N4O3S. The van der Waals surface area contributed by atoms with Crippen LogP contribution in [0.3, 0.4) is 0 Å². The summed E-state index contributed by atoms with van der Waals surface area (Å²) in [6.45, 7) is 0. The van der Waals surface area contributed by atoms with Crippen LogP contribution >= 0.6 is 12.2 Å². The van der Waals surface area contributed by atoms with Crippen molar-refractivity contribution in [2.75, 3.05) is 19.1 Å². The molecule has 2 atom stereocenters. The molecule has 0 saturated carbocycles. The van der Waals surface area contributed by atoms with Gasteiger partial charge in [-0.3, -0.25) is 4.98 Å². The molecule has 0 bridgehead atoms. The third-order valence-electron chi connectivity index (χ3n) is 6.07. The summed E-state index contributed by atoms with van der Waals surface area (Å²) in [5.74, 6) is 0.334. The summed E-state index contributed by atoms with van der Waals surface area (Å²) in [6, 6.07) is 24.6. The first-order chi connectivity index (χ1) is 17.1. The fourth-order valence-corrected chi connectivity index (χ4v) is 4.85. The van der Waals surface area contributed by atoms with Crippen molar-refractivity contribution in [2.24, 2.45) is 0 Å². The van der Waals surface area contributed by atoms with E-state index in [-0.39, 0.29) is 18.1 Å². The van der Waals surface area contributed by atoms with Gasteiger partial charge in [-0.15, -0.1) is 0 Å². The minimum absolute atomic E-state index is 0.217. The number of thiocarbonyl (C=S) groups is 1. The van der Waals surface area contributed by atoms with Crippen molar-refractivity contribution in [2.45, 2.75) is 12.1 Å². The van der Waals surface area contributed by atoms with E-state index in [1.54, 1.807) is 19.4 Å². The normalized spacial score (nSPS) is 17.2. The molecule has 7 nitrogen and oxygen atoms in total. The minimum atomic E-state index is -0.383. The summed E-state index contributed by atoms with van der Waals surface area (Å²) in [5, 5.41) is 4.05. The number of methoxy groups -OCH3 is 2. The van der Waals surface area contributed by atoms with Crippen LogP contribution in [-0.4, -0.2) is 34.9 Å². The number of para-hydroxylation sites is 2. The van der Waals surface area contributed by atoms with Crippen molar-refractivity contribution in [3.05, 3.63) is 108 Å². The molecule has 0 unspecified atom stereocenters. The molecule has 0 aliphatic carbocycles. The van der Waals surface area contributed by atoms with Gasteiger partial charge >= 0.3 is 5.97 Å². The summed E-state index contributed by atoms with van der Waals surface area (Å²) in [5.41, 5.74) is 4.01. The highest BCUT2D eigenvalue weighted by molar-refractivity contribution is 7.80. The predicted octanol–water partition coefficient (Wildman–Crippen LogP) is 4.84. The Hall–Kier alpha value is -4.17. The van der Waals surface area contributed by atoms with E-state index in [9.17, 15) is 4.79 Å². The molecule has 1 fully saturated rings. The minimum Gasteiger partial charge on any atom is -0.495 e. The van der Waals surface area contributed by atoms with Crippen LogP contribution in [-0.2, 0) is 4.74 Å². The van der Waals surface area contributed by atoms with Crippen LogP contribution in [0.25, 0.3) is 5.69 Å². The Morgan fingerprint density at radius 3 is 2.60 bits per heavy atom. The fourth-order valence-electron chi connectivity index (χ4n) is 4.51. The molecule has 2 aromatic heterocycles. The second-order valence-corrected chi connectivity index (χ2v) is 8.40. The Bertz CT molecular complexity index is 1370. The molecule has 8 heteroatoms. The zero-order chi connectivity index (χ0) is 24.4. The highest BCUT2D eigenvalue weighted by Crippen LogP contribution is 2.44. The molecular weight excluding hydrogens is 460 g/mol. The summed E-state index contributed by atoms with van der Waals surface area (Å²) in [7, 11) is 3.03. The van der Waals surface area contributed by atoms with E-state index in [0.717, 1.165) is 22.8 Å². The predicted molar refractivity (Wildman–Crippen MR) is 138 cm³/mol. The molecule has 5 rings (SSSR count). The van der Waals surface area contributed by atoms with Gasteiger partial charge in [0, 0.05) is 23.8 Å². The monoisotopic (exact) mass is 484 g/mol. The number of nitrogens with zero attached hydrogens (tertiary/aromatic N) is 3.